The Labute approximate surface area is 303 Å². The first kappa shape index (κ1) is 28.9. The molecule has 0 bridgehead atoms. The molecule has 7 aromatic carbocycles. The van der Waals surface area contributed by atoms with Crippen LogP contribution < -0.4 is 0 Å². The van der Waals surface area contributed by atoms with Crippen molar-refractivity contribution in [1.29, 1.82) is 0 Å². The SMILES string of the molecule is c1ccc(-c2nc(-c3ccccc3)nc(-c3ccc4c(c3)C3(c5ccccc5S4)c4ccccc4-c4cc5sc6ccccc6c5cc43)n2)cc1. The van der Waals surface area contributed by atoms with E-state index in [1.807, 2.05) is 59.5 Å². The van der Waals surface area contributed by atoms with Crippen molar-refractivity contribution in [2.75, 3.05) is 0 Å². The van der Waals surface area contributed by atoms with Crippen LogP contribution in [0.5, 0.6) is 0 Å². The summed E-state index contributed by atoms with van der Waals surface area (Å²) >= 11 is 3.73. The maximum Gasteiger partial charge on any atom is 0.164 e. The smallest absolute Gasteiger partial charge is 0.164 e. The maximum atomic E-state index is 5.14. The first-order chi connectivity index (χ1) is 25.3. The predicted octanol–water partition coefficient (Wildman–Crippen LogP) is 12.1. The molecule has 3 heterocycles. The highest BCUT2D eigenvalue weighted by Crippen LogP contribution is 2.63. The minimum atomic E-state index is -0.520. The minimum absolute atomic E-state index is 0.520. The number of hydrogen-bond acceptors (Lipinski definition) is 5. The van der Waals surface area contributed by atoms with Gasteiger partial charge in [-0.3, -0.25) is 0 Å². The quantitative estimate of drug-likeness (QED) is 0.186. The van der Waals surface area contributed by atoms with Crippen molar-refractivity contribution >= 4 is 43.3 Å². The molecule has 3 nitrogen and oxygen atoms in total. The summed E-state index contributed by atoms with van der Waals surface area (Å²) in [6.45, 7) is 0. The largest absolute Gasteiger partial charge is 0.208 e. The monoisotopic (exact) mass is 685 g/mol. The van der Waals surface area contributed by atoms with Crippen LogP contribution in [0.2, 0.25) is 0 Å². The lowest BCUT2D eigenvalue weighted by atomic mass is 9.67. The van der Waals surface area contributed by atoms with Gasteiger partial charge in [0.25, 0.3) is 0 Å². The number of hydrogen-bond donors (Lipinski definition) is 0. The Balaban J connectivity index is 1.21. The molecule has 1 aliphatic heterocycles. The van der Waals surface area contributed by atoms with Gasteiger partial charge in [-0.15, -0.1) is 11.3 Å². The van der Waals surface area contributed by atoms with Gasteiger partial charge in [-0.1, -0.05) is 139 Å². The summed E-state index contributed by atoms with van der Waals surface area (Å²) in [5, 5.41) is 2.62. The molecule has 238 valence electrons. The molecule has 0 radical (unpaired) electrons. The van der Waals surface area contributed by atoms with Gasteiger partial charge >= 0.3 is 0 Å². The van der Waals surface area contributed by atoms with Crippen molar-refractivity contribution in [1.82, 2.24) is 15.0 Å². The zero-order valence-corrected chi connectivity index (χ0v) is 28.9. The normalized spacial score (nSPS) is 15.5. The van der Waals surface area contributed by atoms with Crippen LogP contribution in [-0.4, -0.2) is 15.0 Å². The fraction of sp³-hybridized carbons (Fsp3) is 0.0217. The molecular weight excluding hydrogens is 659 g/mol. The highest BCUT2D eigenvalue weighted by Gasteiger charge is 2.50. The number of fused-ring (bicyclic) bond motifs is 12. The first-order valence-electron chi connectivity index (χ1n) is 17.1. The fourth-order valence-electron chi connectivity index (χ4n) is 8.19. The average molecular weight is 686 g/mol. The zero-order valence-electron chi connectivity index (χ0n) is 27.2. The third-order valence-electron chi connectivity index (χ3n) is 10.4. The summed E-state index contributed by atoms with van der Waals surface area (Å²) in [5.41, 5.74) is 10.2. The molecule has 2 aliphatic rings. The van der Waals surface area contributed by atoms with Crippen LogP contribution in [0.4, 0.5) is 0 Å². The molecule has 0 saturated heterocycles. The first-order valence-corrected chi connectivity index (χ1v) is 18.7. The average Bonchev–Trinajstić information content (AvgIpc) is 3.70. The lowest BCUT2D eigenvalue weighted by molar-refractivity contribution is 0.723. The lowest BCUT2D eigenvalue weighted by Gasteiger charge is -2.40. The summed E-state index contributed by atoms with van der Waals surface area (Å²) < 4.78 is 2.64. The maximum absolute atomic E-state index is 5.14. The standard InChI is InChI=1S/C46H27N3S2/c1-3-13-28(14-4-1)43-47-44(29-15-5-2-6-16-29)49-45(48-43)30-23-24-41-38(25-30)46(36-20-10-12-22-40(36)51-41)35-19-9-7-17-31(35)33-27-42-34(26-37(33)46)32-18-8-11-21-39(32)50-42/h1-27H. The Morgan fingerprint density at radius 1 is 0.373 bits per heavy atom. The van der Waals surface area contributed by atoms with Crippen LogP contribution in [-0.2, 0) is 5.41 Å². The van der Waals surface area contributed by atoms with E-state index in [4.69, 9.17) is 15.0 Å². The molecular formula is C46H27N3S2. The van der Waals surface area contributed by atoms with Crippen molar-refractivity contribution in [2.45, 2.75) is 15.2 Å². The molecule has 1 aliphatic carbocycles. The molecule has 51 heavy (non-hydrogen) atoms. The van der Waals surface area contributed by atoms with Crippen LogP contribution in [0.3, 0.4) is 0 Å². The van der Waals surface area contributed by atoms with Gasteiger partial charge in [-0.2, -0.15) is 0 Å². The van der Waals surface area contributed by atoms with Crippen LogP contribution >= 0.6 is 23.1 Å². The van der Waals surface area contributed by atoms with Gasteiger partial charge in [-0.25, -0.2) is 15.0 Å². The Morgan fingerprint density at radius 2 is 0.980 bits per heavy atom. The third kappa shape index (κ3) is 4.22. The molecule has 0 N–H and O–H groups in total. The Hall–Kier alpha value is -5.88. The van der Waals surface area contributed by atoms with Gasteiger partial charge < -0.3 is 0 Å². The van der Waals surface area contributed by atoms with Crippen molar-refractivity contribution in [2.24, 2.45) is 0 Å². The van der Waals surface area contributed by atoms with Crippen molar-refractivity contribution in [3.63, 3.8) is 0 Å². The van der Waals surface area contributed by atoms with Gasteiger partial charge in [0, 0.05) is 46.7 Å². The molecule has 11 rings (SSSR count). The predicted molar refractivity (Wildman–Crippen MR) is 210 cm³/mol. The van der Waals surface area contributed by atoms with Crippen molar-refractivity contribution in [3.05, 3.63) is 186 Å². The number of rotatable bonds is 3. The Morgan fingerprint density at radius 3 is 1.75 bits per heavy atom. The van der Waals surface area contributed by atoms with Gasteiger partial charge in [0.2, 0.25) is 0 Å². The molecule has 2 aromatic heterocycles. The summed E-state index contributed by atoms with van der Waals surface area (Å²) in [5.74, 6) is 1.99. The second-order valence-electron chi connectivity index (χ2n) is 13.1. The second-order valence-corrected chi connectivity index (χ2v) is 15.3. The molecule has 1 spiro atoms. The van der Waals surface area contributed by atoms with Gasteiger partial charge in [0.05, 0.1) is 5.41 Å². The van der Waals surface area contributed by atoms with Crippen LogP contribution in [0.15, 0.2) is 174 Å². The Kier molecular flexibility index (Phi) is 6.27. The molecule has 0 saturated carbocycles. The van der Waals surface area contributed by atoms with Crippen LogP contribution in [0, 0.1) is 0 Å². The van der Waals surface area contributed by atoms with E-state index < -0.39 is 5.41 Å². The van der Waals surface area contributed by atoms with Crippen LogP contribution in [0.25, 0.3) is 65.5 Å². The van der Waals surface area contributed by atoms with Gasteiger partial charge in [-0.05, 0) is 69.8 Å². The molecule has 0 amide bonds. The topological polar surface area (TPSA) is 38.7 Å². The van der Waals surface area contributed by atoms with Gasteiger partial charge in [0.15, 0.2) is 17.5 Å². The molecule has 5 heteroatoms. The van der Waals surface area contributed by atoms with E-state index in [-0.39, 0.29) is 0 Å². The number of benzene rings is 7. The summed E-state index contributed by atoms with van der Waals surface area (Å²) in [6, 6.07) is 59.0. The van der Waals surface area contributed by atoms with E-state index in [2.05, 4.69) is 127 Å². The summed E-state index contributed by atoms with van der Waals surface area (Å²) in [7, 11) is 0. The van der Waals surface area contributed by atoms with E-state index in [1.165, 1.54) is 63.3 Å². The van der Waals surface area contributed by atoms with E-state index >= 15 is 0 Å². The van der Waals surface area contributed by atoms with E-state index in [9.17, 15) is 0 Å². The summed E-state index contributed by atoms with van der Waals surface area (Å²) in [4.78, 5) is 17.8. The number of thiophene rings is 1. The molecule has 9 aromatic rings. The van der Waals surface area contributed by atoms with Crippen molar-refractivity contribution in [3.8, 4) is 45.3 Å². The lowest BCUT2D eigenvalue weighted by Crippen LogP contribution is -2.32. The Bertz CT molecular complexity index is 2790. The minimum Gasteiger partial charge on any atom is -0.208 e. The molecule has 1 unspecified atom stereocenters. The summed E-state index contributed by atoms with van der Waals surface area (Å²) in [6.07, 6.45) is 0. The second kappa shape index (κ2) is 11.1. The third-order valence-corrected chi connectivity index (χ3v) is 12.7. The highest BCUT2D eigenvalue weighted by atomic mass is 32.2. The fourth-order valence-corrected chi connectivity index (χ4v) is 10.5. The van der Waals surface area contributed by atoms with Crippen molar-refractivity contribution < 1.29 is 0 Å². The zero-order chi connectivity index (χ0) is 33.5. The van der Waals surface area contributed by atoms with E-state index in [0.717, 1.165) is 16.7 Å². The highest BCUT2D eigenvalue weighted by molar-refractivity contribution is 7.99. The van der Waals surface area contributed by atoms with Gasteiger partial charge in [0.1, 0.15) is 0 Å². The molecule has 1 atom stereocenters. The van der Waals surface area contributed by atoms with E-state index in [1.54, 1.807) is 0 Å². The number of nitrogens with zero attached hydrogens (tertiary/aromatic N) is 3. The number of aromatic nitrogens is 3. The van der Waals surface area contributed by atoms with Crippen LogP contribution in [0.1, 0.15) is 22.3 Å². The van der Waals surface area contributed by atoms with E-state index in [0.29, 0.717) is 17.5 Å². The molecule has 0 fully saturated rings.